The third kappa shape index (κ3) is 3.63. The van der Waals surface area contributed by atoms with Crippen LogP contribution in [0, 0.1) is 0 Å². The van der Waals surface area contributed by atoms with Crippen LogP contribution in [0.2, 0.25) is 0 Å². The van der Waals surface area contributed by atoms with E-state index < -0.39 is 0 Å². The standard InChI is InChI=1S/C15H24N4O/c1-10(6-7-19(2)3)17-14-9-13-11(8-12(14)16)4-5-15(20)18-13/h8-10,17H,4-7,16H2,1-3H3,(H,18,20). The van der Waals surface area contributed by atoms with Crippen LogP contribution in [-0.2, 0) is 11.2 Å². The molecule has 1 aromatic rings. The van der Waals surface area contributed by atoms with Crippen molar-refractivity contribution in [2.75, 3.05) is 37.0 Å². The molecule has 0 saturated heterocycles. The van der Waals surface area contributed by atoms with E-state index in [1.54, 1.807) is 0 Å². The van der Waals surface area contributed by atoms with Gasteiger partial charge in [-0.2, -0.15) is 0 Å². The molecule has 0 aliphatic carbocycles. The predicted octanol–water partition coefficient (Wildman–Crippen LogP) is 1.91. The zero-order valence-corrected chi connectivity index (χ0v) is 12.5. The van der Waals surface area contributed by atoms with Gasteiger partial charge in [-0.15, -0.1) is 0 Å². The van der Waals surface area contributed by atoms with E-state index >= 15 is 0 Å². The third-order valence-electron chi connectivity index (χ3n) is 3.58. The molecule has 20 heavy (non-hydrogen) atoms. The molecule has 1 atom stereocenters. The van der Waals surface area contributed by atoms with E-state index in [1.165, 1.54) is 0 Å². The summed E-state index contributed by atoms with van der Waals surface area (Å²) in [5.41, 5.74) is 9.75. The number of nitrogen functional groups attached to an aromatic ring is 1. The summed E-state index contributed by atoms with van der Waals surface area (Å²) in [6, 6.07) is 4.25. The van der Waals surface area contributed by atoms with Crippen LogP contribution in [0.25, 0.3) is 0 Å². The number of rotatable bonds is 5. The highest BCUT2D eigenvalue weighted by Crippen LogP contribution is 2.31. The van der Waals surface area contributed by atoms with Crippen molar-refractivity contribution in [1.29, 1.82) is 0 Å². The summed E-state index contributed by atoms with van der Waals surface area (Å²) in [5, 5.41) is 6.34. The zero-order chi connectivity index (χ0) is 14.7. The van der Waals surface area contributed by atoms with Gasteiger partial charge in [0.05, 0.1) is 11.4 Å². The van der Waals surface area contributed by atoms with Crippen LogP contribution in [0.15, 0.2) is 12.1 Å². The minimum atomic E-state index is 0.0777. The van der Waals surface area contributed by atoms with Gasteiger partial charge in [-0.3, -0.25) is 4.79 Å². The first kappa shape index (κ1) is 14.7. The average Bonchev–Trinajstić information content (AvgIpc) is 2.38. The van der Waals surface area contributed by atoms with Gasteiger partial charge in [0.2, 0.25) is 5.91 Å². The lowest BCUT2D eigenvalue weighted by Crippen LogP contribution is -2.24. The van der Waals surface area contributed by atoms with Gasteiger partial charge in [0.15, 0.2) is 0 Å². The van der Waals surface area contributed by atoms with Crippen molar-refractivity contribution in [2.45, 2.75) is 32.2 Å². The van der Waals surface area contributed by atoms with Crippen molar-refractivity contribution >= 4 is 23.0 Å². The number of carbonyl (C=O) groups is 1. The van der Waals surface area contributed by atoms with E-state index in [-0.39, 0.29) is 5.91 Å². The number of carbonyl (C=O) groups excluding carboxylic acids is 1. The molecule has 1 amide bonds. The highest BCUT2D eigenvalue weighted by Gasteiger charge is 2.17. The highest BCUT2D eigenvalue weighted by atomic mass is 16.1. The Kier molecular flexibility index (Phi) is 4.49. The summed E-state index contributed by atoms with van der Waals surface area (Å²) < 4.78 is 0. The Morgan fingerprint density at radius 2 is 2.15 bits per heavy atom. The largest absolute Gasteiger partial charge is 0.397 e. The summed E-state index contributed by atoms with van der Waals surface area (Å²) in [6.45, 7) is 3.16. The highest BCUT2D eigenvalue weighted by molar-refractivity contribution is 5.95. The van der Waals surface area contributed by atoms with Crippen LogP contribution < -0.4 is 16.4 Å². The molecule has 0 bridgehead atoms. The minimum absolute atomic E-state index is 0.0777. The maximum absolute atomic E-state index is 11.5. The van der Waals surface area contributed by atoms with E-state index in [4.69, 9.17) is 5.73 Å². The molecule has 110 valence electrons. The fourth-order valence-corrected chi connectivity index (χ4v) is 2.36. The van der Waals surface area contributed by atoms with Crippen LogP contribution >= 0.6 is 0 Å². The van der Waals surface area contributed by atoms with Crippen molar-refractivity contribution in [1.82, 2.24) is 4.90 Å². The Balaban J connectivity index is 2.08. The summed E-state index contributed by atoms with van der Waals surface area (Å²) in [6.07, 6.45) is 2.34. The van der Waals surface area contributed by atoms with E-state index in [0.717, 1.165) is 42.0 Å². The normalized spacial score (nSPS) is 15.7. The number of fused-ring (bicyclic) bond motifs is 1. The van der Waals surface area contributed by atoms with Gasteiger partial charge < -0.3 is 21.3 Å². The number of amides is 1. The Labute approximate surface area is 120 Å². The molecule has 1 heterocycles. The number of hydrogen-bond donors (Lipinski definition) is 3. The van der Waals surface area contributed by atoms with Crippen LogP contribution in [-0.4, -0.2) is 37.5 Å². The second-order valence-corrected chi connectivity index (χ2v) is 5.78. The molecule has 0 aromatic heterocycles. The molecule has 1 aliphatic rings. The number of hydrogen-bond acceptors (Lipinski definition) is 4. The van der Waals surface area contributed by atoms with Crippen molar-refractivity contribution in [3.05, 3.63) is 17.7 Å². The molecule has 1 unspecified atom stereocenters. The van der Waals surface area contributed by atoms with Gasteiger partial charge in [0.1, 0.15) is 0 Å². The Bertz CT molecular complexity index is 499. The van der Waals surface area contributed by atoms with Gasteiger partial charge in [-0.1, -0.05) is 0 Å². The van der Waals surface area contributed by atoms with Gasteiger partial charge in [0, 0.05) is 18.2 Å². The number of nitrogens with zero attached hydrogens (tertiary/aromatic N) is 1. The first-order valence-corrected chi connectivity index (χ1v) is 7.09. The Hall–Kier alpha value is -1.75. The second kappa shape index (κ2) is 6.13. The molecule has 1 aliphatic heterocycles. The fraction of sp³-hybridized carbons (Fsp3) is 0.533. The number of nitrogens with one attached hydrogen (secondary N) is 2. The monoisotopic (exact) mass is 276 g/mol. The maximum atomic E-state index is 11.5. The Morgan fingerprint density at radius 1 is 1.40 bits per heavy atom. The van der Waals surface area contributed by atoms with Crippen molar-refractivity contribution < 1.29 is 4.79 Å². The molecule has 0 spiro atoms. The quantitative estimate of drug-likeness (QED) is 0.718. The molecule has 1 aromatic carbocycles. The number of aryl methyl sites for hydroxylation is 1. The topological polar surface area (TPSA) is 70.4 Å². The number of anilines is 3. The van der Waals surface area contributed by atoms with Crippen molar-refractivity contribution in [3.8, 4) is 0 Å². The van der Waals surface area contributed by atoms with Crippen LogP contribution in [0.4, 0.5) is 17.1 Å². The van der Waals surface area contributed by atoms with Gasteiger partial charge in [-0.25, -0.2) is 0 Å². The van der Waals surface area contributed by atoms with Crippen molar-refractivity contribution in [2.24, 2.45) is 0 Å². The summed E-state index contributed by atoms with van der Waals surface area (Å²) >= 11 is 0. The average molecular weight is 276 g/mol. The lowest BCUT2D eigenvalue weighted by atomic mass is 10.0. The number of benzene rings is 1. The van der Waals surface area contributed by atoms with E-state index in [0.29, 0.717) is 12.5 Å². The molecule has 4 N–H and O–H groups in total. The third-order valence-corrected chi connectivity index (χ3v) is 3.58. The fourth-order valence-electron chi connectivity index (χ4n) is 2.36. The molecule has 5 heteroatoms. The number of nitrogens with two attached hydrogens (primary N) is 1. The lowest BCUT2D eigenvalue weighted by molar-refractivity contribution is -0.116. The van der Waals surface area contributed by atoms with Gasteiger partial charge >= 0.3 is 0 Å². The smallest absolute Gasteiger partial charge is 0.224 e. The molecular formula is C15H24N4O. The summed E-state index contributed by atoms with van der Waals surface area (Å²) in [7, 11) is 4.13. The van der Waals surface area contributed by atoms with Gasteiger partial charge in [0.25, 0.3) is 0 Å². The van der Waals surface area contributed by atoms with E-state index in [1.807, 2.05) is 12.1 Å². The molecule has 2 rings (SSSR count). The van der Waals surface area contributed by atoms with Gasteiger partial charge in [-0.05, 0) is 58.1 Å². The summed E-state index contributed by atoms with van der Waals surface area (Å²) in [4.78, 5) is 13.6. The molecule has 5 nitrogen and oxygen atoms in total. The van der Waals surface area contributed by atoms with E-state index in [9.17, 15) is 4.79 Å². The van der Waals surface area contributed by atoms with E-state index in [2.05, 4.69) is 36.6 Å². The molecule has 0 radical (unpaired) electrons. The predicted molar refractivity (Wildman–Crippen MR) is 84.1 cm³/mol. The molecule has 0 saturated carbocycles. The Morgan fingerprint density at radius 3 is 2.85 bits per heavy atom. The lowest BCUT2D eigenvalue weighted by Gasteiger charge is -2.22. The minimum Gasteiger partial charge on any atom is -0.397 e. The molecular weight excluding hydrogens is 252 g/mol. The summed E-state index contributed by atoms with van der Waals surface area (Å²) in [5.74, 6) is 0.0777. The van der Waals surface area contributed by atoms with Crippen molar-refractivity contribution in [3.63, 3.8) is 0 Å². The molecule has 0 fully saturated rings. The van der Waals surface area contributed by atoms with Crippen LogP contribution in [0.5, 0.6) is 0 Å². The van der Waals surface area contributed by atoms with Crippen LogP contribution in [0.1, 0.15) is 25.3 Å². The first-order chi connectivity index (χ1) is 9.45. The first-order valence-electron chi connectivity index (χ1n) is 7.09. The SMILES string of the molecule is CC(CCN(C)C)Nc1cc2c(cc1N)CCC(=O)N2. The maximum Gasteiger partial charge on any atom is 0.224 e. The second-order valence-electron chi connectivity index (χ2n) is 5.78. The van der Waals surface area contributed by atoms with Crippen LogP contribution in [0.3, 0.4) is 0 Å². The zero-order valence-electron chi connectivity index (χ0n) is 12.5.